The number of carboxylic acid groups (broad SMARTS) is 1. The van der Waals surface area contributed by atoms with Gasteiger partial charge in [0.25, 0.3) is 0 Å². The molecular formula is C17H24N2O5S. The van der Waals surface area contributed by atoms with Crippen LogP contribution in [0, 0.1) is 5.92 Å². The van der Waals surface area contributed by atoms with Gasteiger partial charge in [0, 0.05) is 13.1 Å². The first-order chi connectivity index (χ1) is 11.7. The monoisotopic (exact) mass is 368 g/mol. The molecule has 2 N–H and O–H groups in total. The Hall–Kier alpha value is -1.93. The Morgan fingerprint density at radius 1 is 1.24 bits per heavy atom. The van der Waals surface area contributed by atoms with E-state index in [1.807, 2.05) is 13.8 Å². The quantitative estimate of drug-likeness (QED) is 0.750. The van der Waals surface area contributed by atoms with E-state index < -0.39 is 22.0 Å². The van der Waals surface area contributed by atoms with Crippen molar-refractivity contribution in [1.82, 2.24) is 9.62 Å². The van der Waals surface area contributed by atoms with Gasteiger partial charge in [0.15, 0.2) is 0 Å². The summed E-state index contributed by atoms with van der Waals surface area (Å²) in [5.74, 6) is -1.30. The Bertz CT molecular complexity index is 728. The number of hydrogen-bond acceptors (Lipinski definition) is 4. The molecule has 25 heavy (non-hydrogen) atoms. The van der Waals surface area contributed by atoms with Crippen molar-refractivity contribution in [2.75, 3.05) is 18.8 Å². The van der Waals surface area contributed by atoms with Crippen molar-refractivity contribution < 1.29 is 23.1 Å². The Balaban J connectivity index is 1.94. The van der Waals surface area contributed by atoms with Crippen LogP contribution in [0.4, 0.5) is 0 Å². The molecule has 1 aliphatic heterocycles. The number of carbonyl (C=O) groups excluding carboxylic acids is 1. The summed E-state index contributed by atoms with van der Waals surface area (Å²) in [6, 6.07) is 5.77. The van der Waals surface area contributed by atoms with E-state index in [0.717, 1.165) is 5.56 Å². The number of nitrogens with zero attached hydrogens (tertiary/aromatic N) is 1. The van der Waals surface area contributed by atoms with E-state index in [1.54, 1.807) is 12.1 Å². The molecule has 1 aromatic carbocycles. The normalized spacial score (nSPS) is 18.2. The molecule has 1 heterocycles. The largest absolute Gasteiger partial charge is 0.478 e. The molecule has 138 valence electrons. The molecule has 0 aromatic heterocycles. The third kappa shape index (κ3) is 4.79. The molecule has 0 radical (unpaired) electrons. The Kier molecular flexibility index (Phi) is 6.18. The first kappa shape index (κ1) is 19.4. The van der Waals surface area contributed by atoms with Crippen molar-refractivity contribution >= 4 is 21.9 Å². The fourth-order valence-corrected chi connectivity index (χ4v) is 4.81. The number of amides is 1. The van der Waals surface area contributed by atoms with Gasteiger partial charge in [0.05, 0.1) is 11.3 Å². The van der Waals surface area contributed by atoms with Gasteiger partial charge in [-0.15, -0.1) is 0 Å². The van der Waals surface area contributed by atoms with Crippen molar-refractivity contribution in [3.05, 3.63) is 35.4 Å². The molecule has 1 fully saturated rings. The molecule has 0 spiro atoms. The first-order valence-corrected chi connectivity index (χ1v) is 9.93. The van der Waals surface area contributed by atoms with E-state index in [9.17, 15) is 18.0 Å². The van der Waals surface area contributed by atoms with Crippen LogP contribution >= 0.6 is 0 Å². The number of aromatic carboxylic acids is 1. The average Bonchev–Trinajstić information content (AvgIpc) is 2.87. The number of nitrogens with one attached hydrogen (secondary N) is 1. The fourth-order valence-electron chi connectivity index (χ4n) is 2.99. The number of sulfonamides is 1. The minimum absolute atomic E-state index is 0.0967. The van der Waals surface area contributed by atoms with Gasteiger partial charge in [-0.3, -0.25) is 4.79 Å². The summed E-state index contributed by atoms with van der Waals surface area (Å²) in [6.07, 6.45) is 1.10. The van der Waals surface area contributed by atoms with Gasteiger partial charge in [0.1, 0.15) is 6.04 Å². The highest BCUT2D eigenvalue weighted by atomic mass is 32.2. The summed E-state index contributed by atoms with van der Waals surface area (Å²) >= 11 is 0. The van der Waals surface area contributed by atoms with Crippen molar-refractivity contribution in [2.45, 2.75) is 32.7 Å². The van der Waals surface area contributed by atoms with E-state index in [2.05, 4.69) is 5.32 Å². The molecule has 0 bridgehead atoms. The van der Waals surface area contributed by atoms with Crippen LogP contribution in [-0.4, -0.2) is 54.6 Å². The minimum Gasteiger partial charge on any atom is -0.478 e. The summed E-state index contributed by atoms with van der Waals surface area (Å²) < 4.78 is 25.5. The van der Waals surface area contributed by atoms with Crippen LogP contribution in [0.1, 0.15) is 36.2 Å². The van der Waals surface area contributed by atoms with E-state index in [1.165, 1.54) is 16.4 Å². The second kappa shape index (κ2) is 7.97. The molecule has 1 saturated heterocycles. The van der Waals surface area contributed by atoms with Gasteiger partial charge >= 0.3 is 5.97 Å². The van der Waals surface area contributed by atoms with Crippen molar-refractivity contribution in [3.63, 3.8) is 0 Å². The summed E-state index contributed by atoms with van der Waals surface area (Å²) in [5.41, 5.74) is 1.12. The molecule has 1 atom stereocenters. The van der Waals surface area contributed by atoms with Gasteiger partial charge in [0.2, 0.25) is 15.9 Å². The Morgan fingerprint density at radius 3 is 2.36 bits per heavy atom. The number of carboxylic acids is 1. The van der Waals surface area contributed by atoms with Gasteiger partial charge in [-0.1, -0.05) is 26.0 Å². The van der Waals surface area contributed by atoms with E-state index in [-0.39, 0.29) is 23.1 Å². The third-order valence-electron chi connectivity index (χ3n) is 4.26. The standard InChI is InChI=1S/C17H24N2O5S/c1-12(2)15(19-10-3-11-25(19,23)24)16(20)18-9-8-13-4-6-14(7-5-13)17(21)22/h4-7,12,15H,3,8-11H2,1-2H3,(H,18,20)(H,21,22). The molecule has 1 amide bonds. The van der Waals surface area contributed by atoms with Crippen LogP contribution in [-0.2, 0) is 21.2 Å². The second-order valence-corrected chi connectivity index (χ2v) is 8.55. The fraction of sp³-hybridized carbons (Fsp3) is 0.529. The molecule has 2 rings (SSSR count). The average molecular weight is 368 g/mol. The zero-order chi connectivity index (χ0) is 18.6. The van der Waals surface area contributed by atoms with Crippen LogP contribution in [0.5, 0.6) is 0 Å². The Labute approximate surface area is 148 Å². The summed E-state index contributed by atoms with van der Waals surface area (Å²) in [7, 11) is -3.35. The summed E-state index contributed by atoms with van der Waals surface area (Å²) in [6.45, 7) is 4.42. The van der Waals surface area contributed by atoms with Crippen molar-refractivity contribution in [3.8, 4) is 0 Å². The van der Waals surface area contributed by atoms with Crippen LogP contribution < -0.4 is 5.32 Å². The molecule has 0 saturated carbocycles. The lowest BCUT2D eigenvalue weighted by Crippen LogP contribution is -2.50. The lowest BCUT2D eigenvalue weighted by Gasteiger charge is -2.28. The predicted octanol–water partition coefficient (Wildman–Crippen LogP) is 1.10. The maximum atomic E-state index is 12.5. The SMILES string of the molecule is CC(C)C(C(=O)NCCc1ccc(C(=O)O)cc1)N1CCCS1(=O)=O. The van der Waals surface area contributed by atoms with Crippen LogP contribution in [0.2, 0.25) is 0 Å². The second-order valence-electron chi connectivity index (χ2n) is 6.51. The van der Waals surface area contributed by atoms with Crippen LogP contribution in [0.25, 0.3) is 0 Å². The number of hydrogen-bond donors (Lipinski definition) is 2. The van der Waals surface area contributed by atoms with Gasteiger partial charge in [-0.2, -0.15) is 4.31 Å². The summed E-state index contributed by atoms with van der Waals surface area (Å²) in [5, 5.41) is 11.7. The number of benzene rings is 1. The molecule has 0 aliphatic carbocycles. The van der Waals surface area contributed by atoms with Crippen LogP contribution in [0.3, 0.4) is 0 Å². The molecule has 7 nitrogen and oxygen atoms in total. The van der Waals surface area contributed by atoms with Crippen molar-refractivity contribution in [1.29, 1.82) is 0 Å². The van der Waals surface area contributed by atoms with Gasteiger partial charge in [-0.25, -0.2) is 13.2 Å². The smallest absolute Gasteiger partial charge is 0.335 e. The number of rotatable bonds is 7. The molecular weight excluding hydrogens is 344 g/mol. The maximum absolute atomic E-state index is 12.5. The topological polar surface area (TPSA) is 104 Å². The van der Waals surface area contributed by atoms with E-state index >= 15 is 0 Å². The summed E-state index contributed by atoms with van der Waals surface area (Å²) in [4.78, 5) is 23.3. The lowest BCUT2D eigenvalue weighted by atomic mass is 10.0. The zero-order valence-corrected chi connectivity index (χ0v) is 15.3. The highest BCUT2D eigenvalue weighted by Gasteiger charge is 2.39. The highest BCUT2D eigenvalue weighted by molar-refractivity contribution is 7.89. The number of carbonyl (C=O) groups is 2. The highest BCUT2D eigenvalue weighted by Crippen LogP contribution is 2.22. The lowest BCUT2D eigenvalue weighted by molar-refractivity contribution is -0.126. The zero-order valence-electron chi connectivity index (χ0n) is 14.4. The van der Waals surface area contributed by atoms with Gasteiger partial charge < -0.3 is 10.4 Å². The molecule has 1 aromatic rings. The van der Waals surface area contributed by atoms with Crippen LogP contribution in [0.15, 0.2) is 24.3 Å². The van der Waals surface area contributed by atoms with Gasteiger partial charge in [-0.05, 0) is 36.5 Å². The predicted molar refractivity (Wildman–Crippen MR) is 93.9 cm³/mol. The maximum Gasteiger partial charge on any atom is 0.335 e. The minimum atomic E-state index is -3.35. The Morgan fingerprint density at radius 2 is 1.88 bits per heavy atom. The molecule has 1 aliphatic rings. The van der Waals surface area contributed by atoms with E-state index in [0.29, 0.717) is 25.9 Å². The molecule has 1 unspecified atom stereocenters. The molecule has 8 heteroatoms. The first-order valence-electron chi connectivity index (χ1n) is 8.32. The van der Waals surface area contributed by atoms with E-state index in [4.69, 9.17) is 5.11 Å². The van der Waals surface area contributed by atoms with Crippen molar-refractivity contribution in [2.24, 2.45) is 5.92 Å². The third-order valence-corrected chi connectivity index (χ3v) is 6.19.